The minimum absolute atomic E-state index is 0.00515. The monoisotopic (exact) mass is 489 g/mol. The van der Waals surface area contributed by atoms with Crippen molar-refractivity contribution in [2.24, 2.45) is 0 Å². The van der Waals surface area contributed by atoms with E-state index in [9.17, 15) is 17.2 Å². The van der Waals surface area contributed by atoms with Crippen LogP contribution in [0.25, 0.3) is 5.69 Å². The molecule has 34 heavy (non-hydrogen) atoms. The van der Waals surface area contributed by atoms with E-state index >= 15 is 0 Å². The molecule has 0 unspecified atom stereocenters. The highest BCUT2D eigenvalue weighted by Crippen LogP contribution is 2.31. The zero-order chi connectivity index (χ0) is 24.3. The topological polar surface area (TPSA) is 149 Å². The molecule has 0 bridgehead atoms. The number of tetrazole rings is 1. The van der Waals surface area contributed by atoms with E-state index in [2.05, 4.69) is 40.8 Å². The molecule has 0 aliphatic carbocycles. The van der Waals surface area contributed by atoms with Crippen molar-refractivity contribution >= 4 is 38.9 Å². The second-order valence-corrected chi connectivity index (χ2v) is 8.59. The molecule has 0 saturated heterocycles. The van der Waals surface area contributed by atoms with Crippen molar-refractivity contribution in [3.8, 4) is 11.4 Å². The Labute approximate surface area is 192 Å². The third-order valence-corrected chi connectivity index (χ3v) is 4.92. The molecule has 2 aromatic carbocycles. The molecule has 0 radical (unpaired) electrons. The molecule has 4 aromatic rings. The highest BCUT2D eigenvalue weighted by Gasteiger charge is 2.15. The minimum atomic E-state index is -3.65. The summed E-state index contributed by atoms with van der Waals surface area (Å²) in [6.07, 6.45) is 3.19. The second kappa shape index (κ2) is 9.22. The zero-order valence-corrected chi connectivity index (χ0v) is 18.5. The van der Waals surface area contributed by atoms with Crippen LogP contribution in [0.1, 0.15) is 0 Å². The summed E-state index contributed by atoms with van der Waals surface area (Å²) in [5.74, 6) is -1.47. The Morgan fingerprint density at radius 1 is 1.00 bits per heavy atom. The van der Waals surface area contributed by atoms with Gasteiger partial charge in [-0.1, -0.05) is 0 Å². The molecule has 0 saturated carbocycles. The van der Waals surface area contributed by atoms with Crippen LogP contribution in [0.4, 0.5) is 37.6 Å². The van der Waals surface area contributed by atoms with Gasteiger partial charge in [-0.3, -0.25) is 4.72 Å². The first kappa shape index (κ1) is 22.8. The molecule has 2 heterocycles. The maximum absolute atomic E-state index is 14.5. The second-order valence-electron chi connectivity index (χ2n) is 6.84. The number of ether oxygens (including phenoxy) is 1. The summed E-state index contributed by atoms with van der Waals surface area (Å²) in [6.45, 7) is 0. The van der Waals surface area contributed by atoms with Crippen molar-refractivity contribution in [2.75, 3.05) is 28.7 Å². The quantitative estimate of drug-likeness (QED) is 0.337. The van der Waals surface area contributed by atoms with Crippen LogP contribution in [-0.4, -0.2) is 52.0 Å². The number of benzene rings is 2. The lowest BCUT2D eigenvalue weighted by Crippen LogP contribution is -2.12. The number of hydrogen-bond donors (Lipinski definition) is 3. The lowest BCUT2D eigenvalue weighted by molar-refractivity contribution is 0.415. The van der Waals surface area contributed by atoms with Crippen molar-refractivity contribution in [2.45, 2.75) is 0 Å². The van der Waals surface area contributed by atoms with Crippen LogP contribution in [0.3, 0.4) is 0 Å². The predicted octanol–water partition coefficient (Wildman–Crippen LogP) is 2.60. The van der Waals surface area contributed by atoms with Gasteiger partial charge in [0.15, 0.2) is 11.6 Å². The Morgan fingerprint density at radius 3 is 2.53 bits per heavy atom. The van der Waals surface area contributed by atoms with E-state index in [1.807, 2.05) is 0 Å². The van der Waals surface area contributed by atoms with Gasteiger partial charge in [-0.05, 0) is 40.8 Å². The SMILES string of the molecule is COc1ccc(Nc2nc(Nc3cc(-n4cnnn4)ccc3F)ncc2F)c(NS(C)(=O)=O)c1. The molecule has 0 aliphatic heterocycles. The van der Waals surface area contributed by atoms with Crippen molar-refractivity contribution in [3.05, 3.63) is 60.6 Å². The molecule has 15 heteroatoms. The van der Waals surface area contributed by atoms with Gasteiger partial charge >= 0.3 is 0 Å². The fraction of sp³-hybridized carbons (Fsp3) is 0.105. The first-order valence-electron chi connectivity index (χ1n) is 9.47. The van der Waals surface area contributed by atoms with Crippen LogP contribution in [0.15, 0.2) is 48.9 Å². The van der Waals surface area contributed by atoms with Gasteiger partial charge in [0.2, 0.25) is 16.0 Å². The lowest BCUT2D eigenvalue weighted by atomic mass is 10.2. The van der Waals surface area contributed by atoms with Crippen LogP contribution in [-0.2, 0) is 10.0 Å². The summed E-state index contributed by atoms with van der Waals surface area (Å²) in [5, 5.41) is 16.2. The fourth-order valence-electron chi connectivity index (χ4n) is 2.84. The van der Waals surface area contributed by atoms with Gasteiger partial charge in [0.1, 0.15) is 17.9 Å². The Balaban J connectivity index is 1.64. The normalized spacial score (nSPS) is 11.2. The van der Waals surface area contributed by atoms with Gasteiger partial charge in [0.05, 0.1) is 42.3 Å². The number of nitrogens with one attached hydrogen (secondary N) is 3. The maximum Gasteiger partial charge on any atom is 0.229 e. The van der Waals surface area contributed by atoms with Gasteiger partial charge in [-0.2, -0.15) is 4.98 Å². The highest BCUT2D eigenvalue weighted by molar-refractivity contribution is 7.92. The number of aromatic nitrogens is 6. The molecule has 0 fully saturated rings. The van der Waals surface area contributed by atoms with Crippen molar-refractivity contribution < 1.29 is 21.9 Å². The smallest absolute Gasteiger partial charge is 0.229 e. The van der Waals surface area contributed by atoms with Crippen molar-refractivity contribution in [1.82, 2.24) is 30.2 Å². The summed E-state index contributed by atoms with van der Waals surface area (Å²) in [5.41, 5.74) is 0.759. The molecule has 0 spiro atoms. The number of rotatable bonds is 8. The Kier molecular flexibility index (Phi) is 6.18. The number of hydrogen-bond acceptors (Lipinski definition) is 10. The van der Waals surface area contributed by atoms with E-state index in [1.165, 1.54) is 48.5 Å². The van der Waals surface area contributed by atoms with Crippen molar-refractivity contribution in [3.63, 3.8) is 0 Å². The van der Waals surface area contributed by atoms with Gasteiger partial charge in [-0.25, -0.2) is 26.9 Å². The molecule has 0 amide bonds. The molecule has 176 valence electrons. The van der Waals surface area contributed by atoms with Gasteiger partial charge < -0.3 is 15.4 Å². The lowest BCUT2D eigenvalue weighted by Gasteiger charge is -2.15. The molecular weight excluding hydrogens is 472 g/mol. The van der Waals surface area contributed by atoms with E-state index in [4.69, 9.17) is 4.74 Å². The van der Waals surface area contributed by atoms with E-state index < -0.39 is 21.7 Å². The summed E-state index contributed by atoms with van der Waals surface area (Å²) < 4.78 is 61.0. The molecule has 4 rings (SSSR count). The maximum atomic E-state index is 14.5. The van der Waals surface area contributed by atoms with Gasteiger partial charge in [0.25, 0.3) is 0 Å². The summed E-state index contributed by atoms with van der Waals surface area (Å²) in [4.78, 5) is 7.88. The third kappa shape index (κ3) is 5.32. The Morgan fingerprint density at radius 2 is 1.82 bits per heavy atom. The fourth-order valence-corrected chi connectivity index (χ4v) is 3.41. The highest BCUT2D eigenvalue weighted by atomic mass is 32.2. The van der Waals surface area contributed by atoms with E-state index in [0.717, 1.165) is 12.5 Å². The Bertz CT molecular complexity index is 1430. The number of sulfonamides is 1. The molecule has 12 nitrogen and oxygen atoms in total. The van der Waals surface area contributed by atoms with E-state index in [-0.39, 0.29) is 28.8 Å². The first-order valence-corrected chi connectivity index (χ1v) is 11.4. The van der Waals surface area contributed by atoms with Crippen LogP contribution in [0.2, 0.25) is 0 Å². The van der Waals surface area contributed by atoms with Crippen molar-refractivity contribution in [1.29, 1.82) is 0 Å². The molecule has 0 atom stereocenters. The molecular formula is C19H17F2N9O3S. The standard InChI is InChI=1S/C19H17F2N9O3S/c1-33-12-4-6-15(17(8-12)27-34(2,31)32)24-18-14(21)9-22-19(26-18)25-16-7-11(3-5-13(16)20)30-10-23-28-29-30/h3-10,27H,1-2H3,(H2,22,24,25,26). The van der Waals surface area contributed by atoms with Crippen LogP contribution in [0, 0.1) is 11.6 Å². The van der Waals surface area contributed by atoms with Crippen LogP contribution in [0.5, 0.6) is 5.75 Å². The zero-order valence-electron chi connectivity index (χ0n) is 17.7. The van der Waals surface area contributed by atoms with Crippen LogP contribution < -0.4 is 20.1 Å². The summed E-state index contributed by atoms with van der Waals surface area (Å²) in [7, 11) is -2.23. The largest absolute Gasteiger partial charge is 0.497 e. The molecule has 3 N–H and O–H groups in total. The van der Waals surface area contributed by atoms with Gasteiger partial charge in [0, 0.05) is 6.07 Å². The predicted molar refractivity (Wildman–Crippen MR) is 119 cm³/mol. The molecule has 0 aliphatic rings. The minimum Gasteiger partial charge on any atom is -0.497 e. The van der Waals surface area contributed by atoms with Gasteiger partial charge in [-0.15, -0.1) is 5.10 Å². The van der Waals surface area contributed by atoms with E-state index in [1.54, 1.807) is 6.07 Å². The number of anilines is 5. The average molecular weight is 489 g/mol. The average Bonchev–Trinajstić information content (AvgIpc) is 3.32. The Hall–Kier alpha value is -4.40. The first-order chi connectivity index (χ1) is 16.2. The van der Waals surface area contributed by atoms with Crippen LogP contribution >= 0.6 is 0 Å². The number of halogens is 2. The van der Waals surface area contributed by atoms with E-state index in [0.29, 0.717) is 11.4 Å². The molecule has 2 aromatic heterocycles. The summed E-state index contributed by atoms with van der Waals surface area (Å²) in [6, 6.07) is 8.53. The third-order valence-electron chi connectivity index (χ3n) is 4.33. The number of nitrogens with zero attached hydrogens (tertiary/aromatic N) is 6. The number of methoxy groups -OCH3 is 1. The summed E-state index contributed by atoms with van der Waals surface area (Å²) >= 11 is 0.